The zero-order chi connectivity index (χ0) is 16.5. The molecule has 122 valence electrons. The smallest absolute Gasteiger partial charge is 0.319 e. The Balaban J connectivity index is 1.76. The highest BCUT2D eigenvalue weighted by Gasteiger charge is 2.07. The van der Waals surface area contributed by atoms with Gasteiger partial charge in [-0.1, -0.05) is 24.3 Å². The highest BCUT2D eigenvalue weighted by atomic mass is 19.1. The fourth-order valence-corrected chi connectivity index (χ4v) is 1.91. The first-order valence-corrected chi connectivity index (χ1v) is 7.34. The Kier molecular flexibility index (Phi) is 6.23. The SMILES string of the molecule is CCOc1ccccc1NC(=O)NCCOc1ccccc1F. The number of halogens is 1. The summed E-state index contributed by atoms with van der Waals surface area (Å²) in [7, 11) is 0. The number of benzene rings is 2. The molecule has 0 spiro atoms. The topological polar surface area (TPSA) is 59.6 Å². The van der Waals surface area contributed by atoms with Crippen LogP contribution in [0.1, 0.15) is 6.92 Å². The summed E-state index contributed by atoms with van der Waals surface area (Å²) in [5.74, 6) is 0.340. The largest absolute Gasteiger partial charge is 0.492 e. The van der Waals surface area contributed by atoms with E-state index in [4.69, 9.17) is 9.47 Å². The van der Waals surface area contributed by atoms with Crippen molar-refractivity contribution in [3.05, 3.63) is 54.3 Å². The fourth-order valence-electron chi connectivity index (χ4n) is 1.91. The number of hydrogen-bond donors (Lipinski definition) is 2. The fraction of sp³-hybridized carbons (Fsp3) is 0.235. The summed E-state index contributed by atoms with van der Waals surface area (Å²) in [6.07, 6.45) is 0. The van der Waals surface area contributed by atoms with E-state index in [1.54, 1.807) is 30.3 Å². The summed E-state index contributed by atoms with van der Waals surface area (Å²) in [6.45, 7) is 2.80. The number of anilines is 1. The molecule has 0 saturated carbocycles. The molecule has 2 aromatic carbocycles. The molecule has 0 aliphatic carbocycles. The van der Waals surface area contributed by atoms with Gasteiger partial charge in [-0.15, -0.1) is 0 Å². The van der Waals surface area contributed by atoms with Crippen molar-refractivity contribution in [2.45, 2.75) is 6.92 Å². The number of hydrogen-bond acceptors (Lipinski definition) is 3. The third-order valence-electron chi connectivity index (χ3n) is 2.92. The molecule has 0 atom stereocenters. The molecular weight excluding hydrogens is 299 g/mol. The summed E-state index contributed by atoms with van der Waals surface area (Å²) in [4.78, 5) is 11.8. The molecule has 0 heterocycles. The lowest BCUT2D eigenvalue weighted by atomic mass is 10.3. The molecule has 0 unspecified atom stereocenters. The number of urea groups is 1. The van der Waals surface area contributed by atoms with Crippen LogP contribution in [0.4, 0.5) is 14.9 Å². The molecule has 0 saturated heterocycles. The Morgan fingerprint density at radius 1 is 1.04 bits per heavy atom. The van der Waals surface area contributed by atoms with Gasteiger partial charge in [0, 0.05) is 0 Å². The van der Waals surface area contributed by atoms with Crippen LogP contribution in [-0.2, 0) is 0 Å². The van der Waals surface area contributed by atoms with Crippen LogP contribution in [0, 0.1) is 5.82 Å². The van der Waals surface area contributed by atoms with E-state index < -0.39 is 5.82 Å². The van der Waals surface area contributed by atoms with E-state index in [0.29, 0.717) is 18.0 Å². The predicted molar refractivity (Wildman–Crippen MR) is 86.5 cm³/mol. The van der Waals surface area contributed by atoms with E-state index in [1.165, 1.54) is 12.1 Å². The molecule has 0 bridgehead atoms. The molecule has 0 fully saturated rings. The van der Waals surface area contributed by atoms with Crippen molar-refractivity contribution < 1.29 is 18.7 Å². The molecular formula is C17H19FN2O3. The second-order valence-electron chi connectivity index (χ2n) is 4.59. The van der Waals surface area contributed by atoms with Crippen molar-refractivity contribution in [2.24, 2.45) is 0 Å². The molecule has 2 amide bonds. The normalized spacial score (nSPS) is 10.0. The van der Waals surface area contributed by atoms with Crippen LogP contribution in [0.15, 0.2) is 48.5 Å². The number of ether oxygens (including phenoxy) is 2. The first-order valence-electron chi connectivity index (χ1n) is 7.34. The van der Waals surface area contributed by atoms with Gasteiger partial charge in [0.05, 0.1) is 18.8 Å². The standard InChI is InChI=1S/C17H19FN2O3/c1-2-22-16-10-6-4-8-14(16)20-17(21)19-11-12-23-15-9-5-3-7-13(15)18/h3-10H,2,11-12H2,1H3,(H2,19,20,21). The third kappa shape index (κ3) is 5.18. The van der Waals surface area contributed by atoms with Crippen molar-refractivity contribution in [1.82, 2.24) is 5.32 Å². The van der Waals surface area contributed by atoms with Crippen LogP contribution in [0.3, 0.4) is 0 Å². The van der Waals surface area contributed by atoms with Gasteiger partial charge in [0.25, 0.3) is 0 Å². The van der Waals surface area contributed by atoms with Crippen LogP contribution in [0.5, 0.6) is 11.5 Å². The van der Waals surface area contributed by atoms with Crippen molar-refractivity contribution in [3.8, 4) is 11.5 Å². The number of rotatable bonds is 7. The predicted octanol–water partition coefficient (Wildman–Crippen LogP) is 3.42. The summed E-state index contributed by atoms with van der Waals surface area (Å²) in [5.41, 5.74) is 0.585. The minimum atomic E-state index is -0.428. The molecule has 0 radical (unpaired) electrons. The van der Waals surface area contributed by atoms with Gasteiger partial charge in [-0.2, -0.15) is 0 Å². The first-order chi connectivity index (χ1) is 11.2. The lowest BCUT2D eigenvalue weighted by Crippen LogP contribution is -2.32. The van der Waals surface area contributed by atoms with Crippen LogP contribution in [0.2, 0.25) is 0 Å². The number of nitrogens with one attached hydrogen (secondary N) is 2. The molecule has 0 aliphatic heterocycles. The average Bonchev–Trinajstić information content (AvgIpc) is 2.55. The van der Waals surface area contributed by atoms with E-state index in [-0.39, 0.29) is 24.9 Å². The second-order valence-corrected chi connectivity index (χ2v) is 4.59. The molecule has 2 N–H and O–H groups in total. The summed E-state index contributed by atoms with van der Waals surface area (Å²) < 4.78 is 24.0. The Bertz CT molecular complexity index is 649. The first kappa shape index (κ1) is 16.6. The number of carbonyl (C=O) groups is 1. The minimum absolute atomic E-state index is 0.163. The maximum Gasteiger partial charge on any atom is 0.319 e. The van der Waals surface area contributed by atoms with Crippen molar-refractivity contribution in [3.63, 3.8) is 0 Å². The maximum atomic E-state index is 13.3. The van der Waals surface area contributed by atoms with E-state index in [2.05, 4.69) is 10.6 Å². The second kappa shape index (κ2) is 8.63. The molecule has 2 aromatic rings. The number of amides is 2. The Morgan fingerprint density at radius 2 is 1.74 bits per heavy atom. The van der Waals surface area contributed by atoms with Gasteiger partial charge in [0.15, 0.2) is 11.6 Å². The molecule has 0 aliphatic rings. The van der Waals surface area contributed by atoms with Crippen LogP contribution in [-0.4, -0.2) is 25.8 Å². The maximum absolute atomic E-state index is 13.3. The van der Waals surface area contributed by atoms with Gasteiger partial charge in [-0.05, 0) is 31.2 Å². The highest BCUT2D eigenvalue weighted by molar-refractivity contribution is 5.90. The van der Waals surface area contributed by atoms with Crippen LogP contribution in [0.25, 0.3) is 0 Å². The van der Waals surface area contributed by atoms with E-state index in [1.807, 2.05) is 13.0 Å². The van der Waals surface area contributed by atoms with Crippen molar-refractivity contribution in [1.29, 1.82) is 0 Å². The van der Waals surface area contributed by atoms with Gasteiger partial charge in [0.2, 0.25) is 0 Å². The molecule has 0 aromatic heterocycles. The summed E-state index contributed by atoms with van der Waals surface area (Å²) >= 11 is 0. The van der Waals surface area contributed by atoms with E-state index in [9.17, 15) is 9.18 Å². The van der Waals surface area contributed by atoms with Gasteiger partial charge < -0.3 is 20.1 Å². The molecule has 6 heteroatoms. The molecule has 23 heavy (non-hydrogen) atoms. The summed E-state index contributed by atoms with van der Waals surface area (Å²) in [5, 5.41) is 5.34. The minimum Gasteiger partial charge on any atom is -0.492 e. The monoisotopic (exact) mass is 318 g/mol. The molecule has 2 rings (SSSR count). The average molecular weight is 318 g/mol. The van der Waals surface area contributed by atoms with Gasteiger partial charge in [-0.3, -0.25) is 0 Å². The lowest BCUT2D eigenvalue weighted by Gasteiger charge is -2.12. The Morgan fingerprint density at radius 3 is 2.48 bits per heavy atom. The van der Waals surface area contributed by atoms with E-state index >= 15 is 0 Å². The van der Waals surface area contributed by atoms with Crippen LogP contribution >= 0.6 is 0 Å². The Hall–Kier alpha value is -2.76. The van der Waals surface area contributed by atoms with Gasteiger partial charge in [0.1, 0.15) is 12.4 Å². The molecule has 5 nitrogen and oxygen atoms in total. The number of para-hydroxylation sites is 3. The van der Waals surface area contributed by atoms with Crippen molar-refractivity contribution >= 4 is 11.7 Å². The van der Waals surface area contributed by atoms with Gasteiger partial charge in [-0.25, -0.2) is 9.18 Å². The highest BCUT2D eigenvalue weighted by Crippen LogP contribution is 2.23. The van der Waals surface area contributed by atoms with Crippen molar-refractivity contribution in [2.75, 3.05) is 25.1 Å². The summed E-state index contributed by atoms with van der Waals surface area (Å²) in [6, 6.07) is 12.9. The van der Waals surface area contributed by atoms with E-state index in [0.717, 1.165) is 0 Å². The third-order valence-corrected chi connectivity index (χ3v) is 2.92. The van der Waals surface area contributed by atoms with Gasteiger partial charge >= 0.3 is 6.03 Å². The quantitative estimate of drug-likeness (QED) is 0.769. The number of carbonyl (C=O) groups excluding carboxylic acids is 1. The lowest BCUT2D eigenvalue weighted by molar-refractivity contribution is 0.246. The zero-order valence-corrected chi connectivity index (χ0v) is 12.8. The Labute approximate surface area is 134 Å². The van der Waals surface area contributed by atoms with Crippen LogP contribution < -0.4 is 20.1 Å². The zero-order valence-electron chi connectivity index (χ0n) is 12.8.